The van der Waals surface area contributed by atoms with Crippen LogP contribution in [0.2, 0.25) is 0 Å². The molecule has 1 fully saturated rings. The van der Waals surface area contributed by atoms with Gasteiger partial charge in [0, 0.05) is 25.6 Å². The fourth-order valence-electron chi connectivity index (χ4n) is 2.25. The Morgan fingerprint density at radius 3 is 2.75 bits per heavy atom. The Kier molecular flexibility index (Phi) is 5.81. The molecule has 2 atom stereocenters. The number of nitrogens with two attached hydrogens (primary N) is 1. The second-order valence-corrected chi connectivity index (χ2v) is 5.08. The van der Waals surface area contributed by atoms with E-state index in [1.165, 1.54) is 19.3 Å². The van der Waals surface area contributed by atoms with Gasteiger partial charge in [0.05, 0.1) is 0 Å². The average Bonchev–Trinajstić information content (AvgIpc) is 2.28. The maximum atomic E-state index is 11.9. The van der Waals surface area contributed by atoms with Gasteiger partial charge in [0.2, 0.25) is 5.91 Å². The second-order valence-electron chi connectivity index (χ2n) is 5.08. The number of piperidine rings is 1. The average molecular weight is 226 g/mol. The molecule has 0 radical (unpaired) electrons. The lowest BCUT2D eigenvalue weighted by molar-refractivity contribution is -0.133. The molecule has 0 bridgehead atoms. The van der Waals surface area contributed by atoms with Crippen molar-refractivity contribution in [1.29, 1.82) is 0 Å². The van der Waals surface area contributed by atoms with Crippen LogP contribution in [0.3, 0.4) is 0 Å². The van der Waals surface area contributed by atoms with Crippen LogP contribution in [0.15, 0.2) is 0 Å². The molecule has 1 amide bonds. The fraction of sp³-hybridized carbons (Fsp3) is 0.923. The highest BCUT2D eigenvalue weighted by molar-refractivity contribution is 5.76. The zero-order valence-electron chi connectivity index (χ0n) is 10.7. The second kappa shape index (κ2) is 6.89. The summed E-state index contributed by atoms with van der Waals surface area (Å²) < 4.78 is 0. The van der Waals surface area contributed by atoms with Crippen LogP contribution in [0, 0.1) is 5.92 Å². The van der Waals surface area contributed by atoms with Crippen molar-refractivity contribution in [3.8, 4) is 0 Å². The lowest BCUT2D eigenvalue weighted by Gasteiger charge is -2.35. The third-order valence-electron chi connectivity index (χ3n) is 3.57. The molecule has 0 aromatic heterocycles. The van der Waals surface area contributed by atoms with E-state index in [0.717, 1.165) is 32.4 Å². The molecule has 1 rings (SSSR count). The normalized spacial score (nSPS) is 25.8. The lowest BCUT2D eigenvalue weighted by atomic mass is 9.94. The Hall–Kier alpha value is -0.570. The van der Waals surface area contributed by atoms with Crippen LogP contribution in [0.25, 0.3) is 0 Å². The van der Waals surface area contributed by atoms with Crippen LogP contribution in [-0.2, 0) is 4.79 Å². The molecule has 0 aliphatic carbocycles. The van der Waals surface area contributed by atoms with E-state index in [1.807, 2.05) is 4.90 Å². The molecule has 2 unspecified atom stereocenters. The summed E-state index contributed by atoms with van der Waals surface area (Å²) in [5.74, 6) is 0.781. The van der Waals surface area contributed by atoms with Gasteiger partial charge in [-0.3, -0.25) is 4.79 Å². The summed E-state index contributed by atoms with van der Waals surface area (Å²) in [7, 11) is 0. The van der Waals surface area contributed by atoms with E-state index < -0.39 is 0 Å². The van der Waals surface area contributed by atoms with Crippen molar-refractivity contribution in [2.24, 2.45) is 11.7 Å². The van der Waals surface area contributed by atoms with Gasteiger partial charge in [-0.05, 0) is 18.8 Å². The van der Waals surface area contributed by atoms with Gasteiger partial charge >= 0.3 is 0 Å². The van der Waals surface area contributed by atoms with Crippen molar-refractivity contribution in [2.45, 2.75) is 58.4 Å². The maximum absolute atomic E-state index is 11.9. The molecule has 3 nitrogen and oxygen atoms in total. The molecule has 16 heavy (non-hydrogen) atoms. The number of nitrogens with zero attached hydrogens (tertiary/aromatic N) is 1. The third kappa shape index (κ3) is 4.12. The van der Waals surface area contributed by atoms with E-state index in [1.54, 1.807) is 0 Å². The zero-order valence-corrected chi connectivity index (χ0v) is 10.7. The number of carbonyl (C=O) groups excluding carboxylic acids is 1. The predicted octanol–water partition coefficient (Wildman–Crippen LogP) is 2.15. The van der Waals surface area contributed by atoms with E-state index in [4.69, 9.17) is 5.73 Å². The molecule has 2 N–H and O–H groups in total. The van der Waals surface area contributed by atoms with E-state index in [-0.39, 0.29) is 6.04 Å². The van der Waals surface area contributed by atoms with Crippen molar-refractivity contribution >= 4 is 5.91 Å². The van der Waals surface area contributed by atoms with E-state index in [9.17, 15) is 4.79 Å². The first-order chi connectivity index (χ1) is 7.65. The summed E-state index contributed by atoms with van der Waals surface area (Å²) in [6, 6.07) is 0.282. The van der Waals surface area contributed by atoms with Crippen LogP contribution in [-0.4, -0.2) is 29.9 Å². The Labute approximate surface area is 99.4 Å². The molecule has 0 aromatic carbocycles. The molecule has 1 aliphatic heterocycles. The fourth-order valence-corrected chi connectivity index (χ4v) is 2.25. The third-order valence-corrected chi connectivity index (χ3v) is 3.57. The van der Waals surface area contributed by atoms with Gasteiger partial charge in [0.1, 0.15) is 0 Å². The van der Waals surface area contributed by atoms with E-state index in [0.29, 0.717) is 11.8 Å². The largest absolute Gasteiger partial charge is 0.342 e. The van der Waals surface area contributed by atoms with Crippen molar-refractivity contribution < 1.29 is 4.79 Å². The van der Waals surface area contributed by atoms with E-state index in [2.05, 4.69) is 13.8 Å². The van der Waals surface area contributed by atoms with Gasteiger partial charge in [-0.15, -0.1) is 0 Å². The first-order valence-corrected chi connectivity index (χ1v) is 6.68. The molecule has 1 aliphatic rings. The number of unbranched alkanes of at least 4 members (excludes halogenated alkanes) is 3. The number of hydrogen-bond donors (Lipinski definition) is 1. The molecular formula is C13H26N2O. The van der Waals surface area contributed by atoms with Crippen LogP contribution >= 0.6 is 0 Å². The van der Waals surface area contributed by atoms with Crippen molar-refractivity contribution in [3.05, 3.63) is 0 Å². The summed E-state index contributed by atoms with van der Waals surface area (Å²) in [6.45, 7) is 6.04. The van der Waals surface area contributed by atoms with Crippen LogP contribution in [0.4, 0.5) is 0 Å². The number of hydrogen-bond acceptors (Lipinski definition) is 2. The number of likely N-dealkylation sites (tertiary alicyclic amines) is 1. The molecule has 1 saturated heterocycles. The molecule has 94 valence electrons. The minimum Gasteiger partial charge on any atom is -0.342 e. The van der Waals surface area contributed by atoms with Gasteiger partial charge in [0.25, 0.3) is 0 Å². The number of rotatable bonds is 5. The highest BCUT2D eigenvalue weighted by atomic mass is 16.2. The summed E-state index contributed by atoms with van der Waals surface area (Å²) in [5, 5.41) is 0. The van der Waals surface area contributed by atoms with E-state index >= 15 is 0 Å². The molecule has 1 heterocycles. The Morgan fingerprint density at radius 1 is 1.38 bits per heavy atom. The summed E-state index contributed by atoms with van der Waals surface area (Å²) >= 11 is 0. The standard InChI is InChI=1S/C13H26N2O/c1-3-4-5-6-7-13(16)15-9-8-12(14)11(2)10-15/h11-12H,3-10,14H2,1-2H3. The number of amides is 1. The van der Waals surface area contributed by atoms with Gasteiger partial charge in [0.15, 0.2) is 0 Å². The maximum Gasteiger partial charge on any atom is 0.222 e. The van der Waals surface area contributed by atoms with Crippen LogP contribution in [0.5, 0.6) is 0 Å². The van der Waals surface area contributed by atoms with Gasteiger partial charge < -0.3 is 10.6 Å². The minimum absolute atomic E-state index is 0.282. The van der Waals surface area contributed by atoms with Crippen molar-refractivity contribution in [3.63, 3.8) is 0 Å². The lowest BCUT2D eigenvalue weighted by Crippen LogP contribution is -2.48. The Bertz CT molecular complexity index is 218. The first-order valence-electron chi connectivity index (χ1n) is 6.68. The summed E-state index contributed by atoms with van der Waals surface area (Å²) in [6.07, 6.45) is 6.39. The summed E-state index contributed by atoms with van der Waals surface area (Å²) in [4.78, 5) is 13.9. The quantitative estimate of drug-likeness (QED) is 0.730. The molecule has 0 saturated carbocycles. The van der Waals surface area contributed by atoms with Gasteiger partial charge in [-0.2, -0.15) is 0 Å². The Balaban J connectivity index is 2.21. The molecule has 0 spiro atoms. The molecular weight excluding hydrogens is 200 g/mol. The molecule has 0 aromatic rings. The highest BCUT2D eigenvalue weighted by Crippen LogP contribution is 2.16. The molecule has 3 heteroatoms. The predicted molar refractivity (Wildman–Crippen MR) is 67.1 cm³/mol. The van der Waals surface area contributed by atoms with Crippen molar-refractivity contribution in [1.82, 2.24) is 4.90 Å². The van der Waals surface area contributed by atoms with Gasteiger partial charge in [-0.1, -0.05) is 33.1 Å². The topological polar surface area (TPSA) is 46.3 Å². The minimum atomic E-state index is 0.282. The number of carbonyl (C=O) groups is 1. The van der Waals surface area contributed by atoms with Gasteiger partial charge in [-0.25, -0.2) is 0 Å². The SMILES string of the molecule is CCCCCCC(=O)N1CCC(N)C(C)C1. The smallest absolute Gasteiger partial charge is 0.222 e. The Morgan fingerprint density at radius 2 is 2.12 bits per heavy atom. The summed E-state index contributed by atoms with van der Waals surface area (Å²) in [5.41, 5.74) is 5.94. The highest BCUT2D eigenvalue weighted by Gasteiger charge is 2.25. The van der Waals surface area contributed by atoms with Crippen molar-refractivity contribution in [2.75, 3.05) is 13.1 Å². The zero-order chi connectivity index (χ0) is 12.0. The first kappa shape index (κ1) is 13.5. The van der Waals surface area contributed by atoms with Crippen LogP contribution < -0.4 is 5.73 Å². The monoisotopic (exact) mass is 226 g/mol. The van der Waals surface area contributed by atoms with Crippen LogP contribution in [0.1, 0.15) is 52.4 Å².